The number of hydrogen-bond donors (Lipinski definition) is 2. The largest absolute Gasteiger partial charge is 0.281 e. The summed E-state index contributed by atoms with van der Waals surface area (Å²) in [6, 6.07) is 0. The van der Waals surface area contributed by atoms with Crippen molar-refractivity contribution in [1.82, 2.24) is 14.9 Å². The zero-order chi connectivity index (χ0) is 12.3. The Morgan fingerprint density at radius 1 is 1.56 bits per heavy atom. The van der Waals surface area contributed by atoms with Gasteiger partial charge in [-0.15, -0.1) is 0 Å². The topological polar surface area (TPSA) is 74.8 Å². The Bertz CT molecular complexity index is 441. The molecule has 1 heterocycles. The van der Waals surface area contributed by atoms with E-state index in [9.17, 15) is 8.42 Å². The molecular weight excluding hydrogens is 294 g/mol. The summed E-state index contributed by atoms with van der Waals surface area (Å²) in [4.78, 5) is 0.324. The van der Waals surface area contributed by atoms with Crippen molar-refractivity contribution in [3.63, 3.8) is 0 Å². The van der Waals surface area contributed by atoms with Crippen LogP contribution in [0.3, 0.4) is 0 Å². The Labute approximate surface area is 104 Å². The van der Waals surface area contributed by atoms with Crippen LogP contribution in [0.1, 0.15) is 19.5 Å². The van der Waals surface area contributed by atoms with Gasteiger partial charge in [-0.25, -0.2) is 13.1 Å². The fraction of sp³-hybridized carbons (Fsp3) is 0.667. The van der Waals surface area contributed by atoms with Crippen LogP contribution >= 0.6 is 15.9 Å². The molecule has 0 aliphatic carbocycles. The normalized spacial score (nSPS) is 14.3. The molecule has 0 amide bonds. The average molecular weight is 310 g/mol. The maximum absolute atomic E-state index is 11.8. The van der Waals surface area contributed by atoms with E-state index >= 15 is 0 Å². The quantitative estimate of drug-likeness (QED) is 0.808. The second-order valence-corrected chi connectivity index (χ2v) is 6.88. The number of rotatable bonds is 5. The number of halogens is 1. The molecule has 1 aromatic rings. The average Bonchev–Trinajstić information content (AvgIpc) is 2.61. The van der Waals surface area contributed by atoms with Crippen molar-refractivity contribution >= 4 is 26.0 Å². The van der Waals surface area contributed by atoms with E-state index in [-0.39, 0.29) is 9.72 Å². The highest BCUT2D eigenvalue weighted by Gasteiger charge is 2.20. The summed E-state index contributed by atoms with van der Waals surface area (Å²) in [5, 5.41) is 6.30. The van der Waals surface area contributed by atoms with E-state index in [1.165, 1.54) is 6.20 Å². The number of sulfonamides is 1. The summed E-state index contributed by atoms with van der Waals surface area (Å²) >= 11 is 3.43. The van der Waals surface area contributed by atoms with Gasteiger partial charge in [-0.3, -0.25) is 5.10 Å². The lowest BCUT2D eigenvalue weighted by Crippen LogP contribution is -2.31. The number of alkyl halides is 1. The van der Waals surface area contributed by atoms with Crippen LogP contribution in [0.4, 0.5) is 0 Å². The van der Waals surface area contributed by atoms with Crippen LogP contribution in [-0.2, 0) is 10.0 Å². The van der Waals surface area contributed by atoms with E-state index in [0.29, 0.717) is 18.2 Å². The molecule has 1 rings (SSSR count). The molecule has 0 bridgehead atoms. The van der Waals surface area contributed by atoms with Gasteiger partial charge in [-0.2, -0.15) is 5.10 Å². The molecule has 0 saturated heterocycles. The summed E-state index contributed by atoms with van der Waals surface area (Å²) in [6.07, 6.45) is 1.32. The highest BCUT2D eigenvalue weighted by molar-refractivity contribution is 9.09. The fourth-order valence-corrected chi connectivity index (χ4v) is 2.68. The minimum Gasteiger partial charge on any atom is -0.281 e. The van der Waals surface area contributed by atoms with Crippen molar-refractivity contribution < 1.29 is 8.42 Å². The summed E-state index contributed by atoms with van der Waals surface area (Å²) in [6.45, 7) is 6.09. The minimum atomic E-state index is -3.45. The Balaban J connectivity index is 2.71. The van der Waals surface area contributed by atoms with Crippen LogP contribution < -0.4 is 4.72 Å². The molecule has 0 aliphatic heterocycles. The lowest BCUT2D eigenvalue weighted by atomic mass is 10.1. The number of aromatic amines is 1. The molecule has 1 unspecified atom stereocenters. The highest BCUT2D eigenvalue weighted by atomic mass is 79.9. The van der Waals surface area contributed by atoms with E-state index in [4.69, 9.17) is 0 Å². The molecule has 0 spiro atoms. The molecule has 92 valence electrons. The lowest BCUT2D eigenvalue weighted by Gasteiger charge is -2.14. The van der Waals surface area contributed by atoms with E-state index in [0.717, 1.165) is 0 Å². The van der Waals surface area contributed by atoms with Gasteiger partial charge in [-0.05, 0) is 12.8 Å². The maximum Gasteiger partial charge on any atom is 0.243 e. The second-order valence-electron chi connectivity index (χ2n) is 3.97. The van der Waals surface area contributed by atoms with Gasteiger partial charge in [0.05, 0.1) is 11.9 Å². The highest BCUT2D eigenvalue weighted by Crippen LogP contribution is 2.14. The van der Waals surface area contributed by atoms with E-state index in [1.807, 2.05) is 13.8 Å². The number of nitrogens with zero attached hydrogens (tertiary/aromatic N) is 1. The summed E-state index contributed by atoms with van der Waals surface area (Å²) < 4.78 is 26.2. The molecule has 0 aromatic carbocycles. The maximum atomic E-state index is 11.8. The molecule has 0 fully saturated rings. The van der Waals surface area contributed by atoms with Gasteiger partial charge in [0.15, 0.2) is 0 Å². The van der Waals surface area contributed by atoms with Crippen LogP contribution in [0.5, 0.6) is 0 Å². The van der Waals surface area contributed by atoms with Crippen LogP contribution in [0, 0.1) is 12.8 Å². The molecule has 0 saturated carbocycles. The number of aromatic nitrogens is 2. The van der Waals surface area contributed by atoms with E-state index < -0.39 is 10.0 Å². The monoisotopic (exact) mass is 309 g/mol. The predicted molar refractivity (Wildman–Crippen MR) is 66.1 cm³/mol. The summed E-state index contributed by atoms with van der Waals surface area (Å²) in [5.74, 6) is 0.369. The molecule has 5 nitrogen and oxygen atoms in total. The lowest BCUT2D eigenvalue weighted by molar-refractivity contribution is 0.562. The standard InChI is InChI=1S/C9H16BrN3O2S/c1-6(2)8(10)4-12-16(14,15)9-5-11-13-7(9)3/h5-6,8,12H,4H2,1-3H3,(H,11,13). The fourth-order valence-electron chi connectivity index (χ4n) is 1.11. The SMILES string of the molecule is Cc1[nH]ncc1S(=O)(=O)NCC(Br)C(C)C. The summed E-state index contributed by atoms with van der Waals surface area (Å²) in [7, 11) is -3.45. The molecule has 0 aliphatic rings. The van der Waals surface area contributed by atoms with Crippen molar-refractivity contribution in [3.8, 4) is 0 Å². The smallest absolute Gasteiger partial charge is 0.243 e. The minimum absolute atomic E-state index is 0.120. The van der Waals surface area contributed by atoms with Gasteiger partial charge in [0.25, 0.3) is 0 Å². The Morgan fingerprint density at radius 3 is 2.62 bits per heavy atom. The van der Waals surface area contributed by atoms with Crippen molar-refractivity contribution in [3.05, 3.63) is 11.9 Å². The summed E-state index contributed by atoms with van der Waals surface area (Å²) in [5.41, 5.74) is 0.545. The second kappa shape index (κ2) is 5.29. The van der Waals surface area contributed by atoms with E-state index in [1.54, 1.807) is 6.92 Å². The van der Waals surface area contributed by atoms with Gasteiger partial charge in [0.2, 0.25) is 10.0 Å². The van der Waals surface area contributed by atoms with Crippen LogP contribution in [-0.4, -0.2) is 30.0 Å². The van der Waals surface area contributed by atoms with Crippen LogP contribution in [0.15, 0.2) is 11.1 Å². The Hall–Kier alpha value is -0.400. The number of hydrogen-bond acceptors (Lipinski definition) is 3. The van der Waals surface area contributed by atoms with Crippen molar-refractivity contribution in [2.24, 2.45) is 5.92 Å². The van der Waals surface area contributed by atoms with Crippen molar-refractivity contribution in [2.75, 3.05) is 6.54 Å². The van der Waals surface area contributed by atoms with Gasteiger partial charge in [0, 0.05) is 11.4 Å². The Morgan fingerprint density at radius 2 is 2.19 bits per heavy atom. The molecule has 2 N–H and O–H groups in total. The zero-order valence-corrected chi connectivity index (χ0v) is 11.9. The van der Waals surface area contributed by atoms with Gasteiger partial charge in [-0.1, -0.05) is 29.8 Å². The van der Waals surface area contributed by atoms with Crippen molar-refractivity contribution in [1.29, 1.82) is 0 Å². The first-order valence-corrected chi connectivity index (χ1v) is 7.38. The third-order valence-electron chi connectivity index (χ3n) is 2.26. The van der Waals surface area contributed by atoms with Gasteiger partial charge >= 0.3 is 0 Å². The first-order valence-electron chi connectivity index (χ1n) is 4.98. The first-order chi connectivity index (χ1) is 7.34. The molecule has 1 aromatic heterocycles. The number of aryl methyl sites for hydroxylation is 1. The number of H-pyrrole nitrogens is 1. The Kier molecular flexibility index (Phi) is 4.52. The molecule has 1 atom stereocenters. The van der Waals surface area contributed by atoms with E-state index in [2.05, 4.69) is 30.8 Å². The first kappa shape index (κ1) is 13.7. The molecule has 0 radical (unpaired) electrons. The molecular formula is C9H16BrN3O2S. The molecule has 16 heavy (non-hydrogen) atoms. The third-order valence-corrected chi connectivity index (χ3v) is 5.18. The van der Waals surface area contributed by atoms with Crippen molar-refractivity contribution in [2.45, 2.75) is 30.5 Å². The number of nitrogens with one attached hydrogen (secondary N) is 2. The predicted octanol–water partition coefficient (Wildman–Crippen LogP) is 1.42. The third kappa shape index (κ3) is 3.29. The molecule has 7 heteroatoms. The van der Waals surface area contributed by atoms with Gasteiger partial charge < -0.3 is 0 Å². The van der Waals surface area contributed by atoms with Gasteiger partial charge in [0.1, 0.15) is 4.90 Å². The van der Waals surface area contributed by atoms with Crippen LogP contribution in [0.25, 0.3) is 0 Å². The van der Waals surface area contributed by atoms with Crippen LogP contribution in [0.2, 0.25) is 0 Å². The zero-order valence-electron chi connectivity index (χ0n) is 9.49.